The summed E-state index contributed by atoms with van der Waals surface area (Å²) in [6, 6.07) is 7.17. The quantitative estimate of drug-likeness (QED) is 0.821. The number of benzene rings is 1. The Balaban J connectivity index is 1.61. The summed E-state index contributed by atoms with van der Waals surface area (Å²) in [6.07, 6.45) is 8.29. The predicted molar refractivity (Wildman–Crippen MR) is 97.2 cm³/mol. The lowest BCUT2D eigenvalue weighted by molar-refractivity contribution is -0.137. The summed E-state index contributed by atoms with van der Waals surface area (Å²) in [5, 5.41) is 9.06. The third-order valence-corrected chi connectivity index (χ3v) is 6.60. The fourth-order valence-electron chi connectivity index (χ4n) is 5.09. The van der Waals surface area contributed by atoms with Crippen LogP contribution >= 0.6 is 0 Å². The van der Waals surface area contributed by atoms with E-state index in [9.17, 15) is 4.79 Å². The number of nitrogens with zero attached hydrogens (tertiary/aromatic N) is 1. The number of carboxylic acids is 1. The van der Waals surface area contributed by atoms with Crippen LogP contribution in [0.1, 0.15) is 56.1 Å². The number of piperidine rings is 1. The maximum absolute atomic E-state index is 11.0. The van der Waals surface area contributed by atoms with Crippen LogP contribution in [-0.2, 0) is 16.6 Å². The van der Waals surface area contributed by atoms with Gasteiger partial charge in [0.2, 0.25) is 0 Å². The number of carbonyl (C=O) groups is 1. The number of likely N-dealkylation sites (tertiary alicyclic amines) is 1. The molecule has 3 aliphatic rings. The van der Waals surface area contributed by atoms with Crippen molar-refractivity contribution in [3.63, 3.8) is 0 Å². The van der Waals surface area contributed by atoms with Gasteiger partial charge in [0, 0.05) is 19.0 Å². The smallest absolute Gasteiger partial charge is 0.303 e. The van der Waals surface area contributed by atoms with Crippen LogP contribution in [0.25, 0.3) is 0 Å². The van der Waals surface area contributed by atoms with Crippen molar-refractivity contribution < 1.29 is 14.6 Å². The number of ether oxygens (including phenoxy) is 1. The van der Waals surface area contributed by atoms with Crippen LogP contribution in [0.2, 0.25) is 0 Å². The average molecular weight is 343 g/mol. The van der Waals surface area contributed by atoms with Crippen molar-refractivity contribution in [2.24, 2.45) is 5.92 Å². The van der Waals surface area contributed by atoms with E-state index in [1.165, 1.54) is 36.9 Å². The Morgan fingerprint density at radius 1 is 1.40 bits per heavy atom. The molecule has 136 valence electrons. The number of fused-ring (bicyclic) bond motifs is 4. The van der Waals surface area contributed by atoms with E-state index in [2.05, 4.69) is 23.1 Å². The lowest BCUT2D eigenvalue weighted by atomic mass is 9.61. The summed E-state index contributed by atoms with van der Waals surface area (Å²) in [5.74, 6) is 1.17. The maximum atomic E-state index is 11.0. The number of hydrogen-bond acceptors (Lipinski definition) is 3. The van der Waals surface area contributed by atoms with Crippen molar-refractivity contribution in [1.82, 2.24) is 4.90 Å². The summed E-state index contributed by atoms with van der Waals surface area (Å²) in [4.78, 5) is 13.7. The Hall–Kier alpha value is -1.55. The van der Waals surface area contributed by atoms with E-state index in [-0.39, 0.29) is 11.8 Å². The van der Waals surface area contributed by atoms with Crippen molar-refractivity contribution in [1.29, 1.82) is 0 Å². The molecule has 4 heteroatoms. The van der Waals surface area contributed by atoms with Gasteiger partial charge in [-0.1, -0.05) is 6.07 Å². The zero-order valence-electron chi connectivity index (χ0n) is 15.2. The number of rotatable bonds is 7. The first kappa shape index (κ1) is 16.9. The fourth-order valence-corrected chi connectivity index (χ4v) is 5.09. The molecule has 1 saturated carbocycles. The lowest BCUT2D eigenvalue weighted by Crippen LogP contribution is -2.53. The SMILES string of the molecule is COc1ccc2c(c1)[C@]1(CCCC(=O)O)CCN(CC3CC3)C(C2)C1. The van der Waals surface area contributed by atoms with Gasteiger partial charge in [-0.05, 0) is 86.1 Å². The summed E-state index contributed by atoms with van der Waals surface area (Å²) >= 11 is 0. The van der Waals surface area contributed by atoms with Gasteiger partial charge in [-0.15, -0.1) is 0 Å². The van der Waals surface area contributed by atoms with Crippen LogP contribution in [0.15, 0.2) is 18.2 Å². The average Bonchev–Trinajstić information content (AvgIpc) is 3.41. The molecule has 2 fully saturated rings. The van der Waals surface area contributed by atoms with Crippen LogP contribution in [0, 0.1) is 5.92 Å². The second kappa shape index (κ2) is 6.64. The monoisotopic (exact) mass is 343 g/mol. The second-order valence-corrected chi connectivity index (χ2v) is 8.30. The first-order valence-corrected chi connectivity index (χ1v) is 9.73. The van der Waals surface area contributed by atoms with E-state index in [1.807, 2.05) is 0 Å². The van der Waals surface area contributed by atoms with Crippen LogP contribution in [-0.4, -0.2) is 42.2 Å². The predicted octanol–water partition coefficient (Wildman–Crippen LogP) is 3.62. The molecule has 1 aromatic rings. The highest BCUT2D eigenvalue weighted by Crippen LogP contribution is 2.49. The highest BCUT2D eigenvalue weighted by Gasteiger charge is 2.46. The van der Waals surface area contributed by atoms with Gasteiger partial charge in [0.05, 0.1) is 7.11 Å². The molecule has 1 saturated heterocycles. The summed E-state index contributed by atoms with van der Waals surface area (Å²) < 4.78 is 5.48. The minimum Gasteiger partial charge on any atom is -0.497 e. The number of carboxylic acid groups (broad SMARTS) is 1. The molecule has 1 aromatic carbocycles. The molecule has 2 aliphatic carbocycles. The topological polar surface area (TPSA) is 49.8 Å². The van der Waals surface area contributed by atoms with Gasteiger partial charge >= 0.3 is 5.97 Å². The van der Waals surface area contributed by atoms with Crippen LogP contribution in [0.3, 0.4) is 0 Å². The first-order chi connectivity index (χ1) is 12.1. The second-order valence-electron chi connectivity index (χ2n) is 8.30. The normalized spacial score (nSPS) is 28.4. The Labute approximate surface area is 150 Å². The van der Waals surface area contributed by atoms with Gasteiger partial charge in [-0.25, -0.2) is 0 Å². The Kier molecular flexibility index (Phi) is 4.48. The number of hydrogen-bond donors (Lipinski definition) is 1. The highest BCUT2D eigenvalue weighted by atomic mass is 16.5. The first-order valence-electron chi connectivity index (χ1n) is 9.73. The summed E-state index contributed by atoms with van der Waals surface area (Å²) in [5.41, 5.74) is 3.02. The molecule has 1 N–H and O–H groups in total. The minimum atomic E-state index is -0.680. The molecule has 0 spiro atoms. The van der Waals surface area contributed by atoms with E-state index in [0.29, 0.717) is 6.04 Å². The van der Waals surface area contributed by atoms with Crippen molar-refractivity contribution in [2.45, 2.75) is 62.8 Å². The summed E-state index contributed by atoms with van der Waals surface area (Å²) in [6.45, 7) is 2.42. The number of methoxy groups -OCH3 is 1. The van der Waals surface area contributed by atoms with Gasteiger partial charge in [0.25, 0.3) is 0 Å². The van der Waals surface area contributed by atoms with Crippen LogP contribution in [0.5, 0.6) is 5.75 Å². The molecule has 25 heavy (non-hydrogen) atoms. The third-order valence-electron chi connectivity index (χ3n) is 6.60. The van der Waals surface area contributed by atoms with E-state index in [0.717, 1.165) is 43.9 Å². The van der Waals surface area contributed by atoms with Gasteiger partial charge < -0.3 is 9.84 Å². The molecule has 0 amide bonds. The molecular weight excluding hydrogens is 314 g/mol. The van der Waals surface area contributed by atoms with Gasteiger partial charge in [0.15, 0.2) is 0 Å². The number of aliphatic carboxylic acids is 1. The molecule has 4 nitrogen and oxygen atoms in total. The zero-order valence-corrected chi connectivity index (χ0v) is 15.2. The fraction of sp³-hybridized carbons (Fsp3) is 0.667. The van der Waals surface area contributed by atoms with Gasteiger partial charge in [-0.3, -0.25) is 9.69 Å². The molecule has 1 heterocycles. The van der Waals surface area contributed by atoms with Gasteiger partial charge in [0.1, 0.15) is 5.75 Å². The standard InChI is InChI=1S/C21H29NO3/c1-25-18-7-6-16-11-17-13-21(19(16)12-18,8-2-3-20(23)24)9-10-22(17)14-15-4-5-15/h6-7,12,15,17H,2-5,8-11,13-14H2,1H3,(H,23,24)/t17?,21-/m1/s1. The third kappa shape index (κ3) is 3.41. The molecule has 4 rings (SSSR count). The Morgan fingerprint density at radius 2 is 2.24 bits per heavy atom. The van der Waals surface area contributed by atoms with Gasteiger partial charge in [-0.2, -0.15) is 0 Å². The van der Waals surface area contributed by atoms with Crippen molar-refractivity contribution in [2.75, 3.05) is 20.2 Å². The van der Waals surface area contributed by atoms with E-state index in [4.69, 9.17) is 9.84 Å². The van der Waals surface area contributed by atoms with Crippen molar-refractivity contribution in [3.05, 3.63) is 29.3 Å². The minimum absolute atomic E-state index is 0.141. The molecule has 0 aromatic heterocycles. The molecule has 2 atom stereocenters. The van der Waals surface area contributed by atoms with E-state index in [1.54, 1.807) is 7.11 Å². The van der Waals surface area contributed by atoms with Crippen LogP contribution < -0.4 is 4.74 Å². The molecule has 0 radical (unpaired) electrons. The Bertz CT molecular complexity index is 655. The van der Waals surface area contributed by atoms with Crippen LogP contribution in [0.4, 0.5) is 0 Å². The highest BCUT2D eigenvalue weighted by molar-refractivity contribution is 5.66. The molecular formula is C21H29NO3. The molecule has 1 aliphatic heterocycles. The Morgan fingerprint density at radius 3 is 2.96 bits per heavy atom. The summed E-state index contributed by atoms with van der Waals surface area (Å²) in [7, 11) is 1.72. The van der Waals surface area contributed by atoms with E-state index >= 15 is 0 Å². The maximum Gasteiger partial charge on any atom is 0.303 e. The van der Waals surface area contributed by atoms with E-state index < -0.39 is 5.97 Å². The van der Waals surface area contributed by atoms with Crippen molar-refractivity contribution in [3.8, 4) is 5.75 Å². The molecule has 2 bridgehead atoms. The zero-order chi connectivity index (χ0) is 17.4. The van der Waals surface area contributed by atoms with Crippen molar-refractivity contribution >= 4 is 5.97 Å². The largest absolute Gasteiger partial charge is 0.497 e. The molecule has 1 unspecified atom stereocenters. The lowest BCUT2D eigenvalue weighted by Gasteiger charge is -2.52.